The Morgan fingerprint density at radius 3 is 2.38 bits per heavy atom. The van der Waals surface area contributed by atoms with Gasteiger partial charge in [0.2, 0.25) is 11.8 Å². The van der Waals surface area contributed by atoms with Gasteiger partial charge in [0, 0.05) is 37.5 Å². The monoisotopic (exact) mass is 590 g/mol. The largest absolute Gasteiger partial charge is 0.475 e. The Morgan fingerprint density at radius 2 is 1.76 bits per heavy atom. The second kappa shape index (κ2) is 12.3. The number of hydrogen-bond donors (Lipinski definition) is 1. The minimum absolute atomic E-state index is 0.0104. The number of aromatic nitrogens is 4. The van der Waals surface area contributed by atoms with Crippen LogP contribution in [0.25, 0.3) is 11.3 Å². The van der Waals surface area contributed by atoms with E-state index in [1.807, 2.05) is 58.5 Å². The Morgan fingerprint density at radius 1 is 1.07 bits per heavy atom. The predicted molar refractivity (Wildman–Crippen MR) is 165 cm³/mol. The topological polar surface area (TPSA) is 119 Å². The molecule has 0 aliphatic rings. The lowest BCUT2D eigenvalue weighted by atomic mass is 9.88. The minimum atomic E-state index is -4.09. The first kappa shape index (κ1) is 30.7. The van der Waals surface area contributed by atoms with Crippen molar-refractivity contribution in [3.05, 3.63) is 77.6 Å². The molecule has 2 aromatic heterocycles. The van der Waals surface area contributed by atoms with Crippen LogP contribution >= 0.6 is 0 Å². The quantitative estimate of drug-likeness (QED) is 0.230. The van der Waals surface area contributed by atoms with Gasteiger partial charge < -0.3 is 9.64 Å². The number of aryl methyl sites for hydroxylation is 3. The van der Waals surface area contributed by atoms with E-state index in [1.54, 1.807) is 10.7 Å². The fraction of sp³-hybridized carbons (Fsp3) is 0.355. The summed E-state index contributed by atoms with van der Waals surface area (Å²) in [6.45, 7) is 10.8. The summed E-state index contributed by atoms with van der Waals surface area (Å²) >= 11 is 0. The molecule has 4 rings (SSSR count). The van der Waals surface area contributed by atoms with Crippen molar-refractivity contribution in [3.63, 3.8) is 0 Å². The average molecular weight is 591 g/mol. The number of benzene rings is 2. The summed E-state index contributed by atoms with van der Waals surface area (Å²) in [6, 6.07) is 13.4. The van der Waals surface area contributed by atoms with Crippen molar-refractivity contribution in [2.45, 2.75) is 52.0 Å². The molecule has 222 valence electrons. The molecule has 0 amide bonds. The summed E-state index contributed by atoms with van der Waals surface area (Å²) in [5.41, 5.74) is 4.57. The molecule has 0 fully saturated rings. The molecule has 1 N–H and O–H groups in total. The lowest BCUT2D eigenvalue weighted by Crippen LogP contribution is -2.39. The van der Waals surface area contributed by atoms with Gasteiger partial charge in [-0.15, -0.1) is 0 Å². The van der Waals surface area contributed by atoms with Crippen molar-refractivity contribution >= 4 is 27.9 Å². The summed E-state index contributed by atoms with van der Waals surface area (Å²) < 4.78 is 37.1. The van der Waals surface area contributed by atoms with Crippen LogP contribution in [0.15, 0.2) is 65.8 Å². The third-order valence-corrected chi connectivity index (χ3v) is 8.21. The Hall–Kier alpha value is -4.25. The molecule has 0 aliphatic carbocycles. The maximum absolute atomic E-state index is 13.3. The van der Waals surface area contributed by atoms with E-state index in [9.17, 15) is 13.2 Å². The molecule has 0 aliphatic heterocycles. The molecular weight excluding hydrogens is 552 g/mol. The zero-order valence-corrected chi connectivity index (χ0v) is 25.9. The first-order valence-corrected chi connectivity index (χ1v) is 15.1. The van der Waals surface area contributed by atoms with Gasteiger partial charge >= 0.3 is 0 Å². The highest BCUT2D eigenvalue weighted by molar-refractivity contribution is 7.92. The van der Waals surface area contributed by atoms with E-state index in [0.29, 0.717) is 18.6 Å². The number of sulfonamides is 1. The number of rotatable bonds is 11. The Labute approximate surface area is 247 Å². The van der Waals surface area contributed by atoms with E-state index in [1.165, 1.54) is 24.3 Å². The van der Waals surface area contributed by atoms with Crippen molar-refractivity contribution in [3.8, 4) is 17.1 Å². The smallest absolute Gasteiger partial charge is 0.264 e. The number of anilines is 2. The zero-order chi connectivity index (χ0) is 30.7. The Bertz CT molecular complexity index is 1660. The zero-order valence-electron chi connectivity index (χ0n) is 25.1. The van der Waals surface area contributed by atoms with Gasteiger partial charge in [-0.1, -0.05) is 51.1 Å². The summed E-state index contributed by atoms with van der Waals surface area (Å²) in [6.07, 6.45) is 5.18. The van der Waals surface area contributed by atoms with Gasteiger partial charge in [-0.05, 0) is 48.9 Å². The molecule has 10 nitrogen and oxygen atoms in total. The highest BCUT2D eigenvalue weighted by Crippen LogP contribution is 2.31. The van der Waals surface area contributed by atoms with E-state index in [2.05, 4.69) is 45.5 Å². The third kappa shape index (κ3) is 7.52. The third-order valence-electron chi connectivity index (χ3n) is 6.89. The van der Waals surface area contributed by atoms with Gasteiger partial charge in [0.1, 0.15) is 12.9 Å². The molecule has 1 atom stereocenters. The second-order valence-electron chi connectivity index (χ2n) is 11.7. The van der Waals surface area contributed by atoms with Gasteiger partial charge in [-0.25, -0.2) is 18.1 Å². The summed E-state index contributed by atoms with van der Waals surface area (Å²) in [4.78, 5) is 22.3. The van der Waals surface area contributed by atoms with Crippen LogP contribution in [0, 0.1) is 19.3 Å². The number of ether oxygens (including phenoxy) is 1. The van der Waals surface area contributed by atoms with Crippen LogP contribution in [-0.2, 0) is 17.1 Å². The number of carbonyl (C=O) groups excluding carboxylic acids is 1. The van der Waals surface area contributed by atoms with Crippen molar-refractivity contribution in [2.75, 3.05) is 23.3 Å². The van der Waals surface area contributed by atoms with Crippen molar-refractivity contribution in [1.82, 2.24) is 19.7 Å². The molecule has 2 aromatic carbocycles. The first-order chi connectivity index (χ1) is 19.8. The van der Waals surface area contributed by atoms with Crippen LogP contribution in [0.4, 0.5) is 11.6 Å². The summed E-state index contributed by atoms with van der Waals surface area (Å²) in [7, 11) is -0.210. The van der Waals surface area contributed by atoms with E-state index in [4.69, 9.17) is 4.74 Å². The van der Waals surface area contributed by atoms with Gasteiger partial charge in [0.05, 0.1) is 28.5 Å². The molecule has 4 aromatic rings. The number of nitrogens with zero attached hydrogens (tertiary/aromatic N) is 5. The standard InChI is InChI=1S/C31H38N6O4S/c1-21-10-8-11-22(2)29(21)27-15-28(34-30(33-27)35-42(39,40)26-13-9-12-23(14-26)19-38)41-20-24(16-31(3,4)5)37(7)25-17-32-36(6)18-25/h8-15,17-19,24H,16,20H2,1-7H3,(H,33,34,35)/t24-/m1/s1. The molecule has 0 saturated carbocycles. The van der Waals surface area contributed by atoms with Gasteiger partial charge in [0.25, 0.3) is 10.0 Å². The van der Waals surface area contributed by atoms with Crippen LogP contribution in [0.5, 0.6) is 5.88 Å². The molecule has 2 heterocycles. The van der Waals surface area contributed by atoms with E-state index < -0.39 is 10.0 Å². The molecule has 42 heavy (non-hydrogen) atoms. The number of aldehydes is 1. The molecule has 0 radical (unpaired) electrons. The minimum Gasteiger partial charge on any atom is -0.475 e. The second-order valence-corrected chi connectivity index (χ2v) is 13.4. The molecule has 0 spiro atoms. The maximum Gasteiger partial charge on any atom is 0.264 e. The SMILES string of the molecule is Cc1cccc(C)c1-c1cc(OC[C@@H](CC(C)(C)C)N(C)c2cnn(C)c2)nc(NS(=O)(=O)c2cccc(C=O)c2)n1. The fourth-order valence-electron chi connectivity index (χ4n) is 4.82. The van der Waals surface area contributed by atoms with Gasteiger partial charge in [-0.2, -0.15) is 10.1 Å². The van der Waals surface area contributed by atoms with E-state index >= 15 is 0 Å². The van der Waals surface area contributed by atoms with Crippen LogP contribution in [0.3, 0.4) is 0 Å². The van der Waals surface area contributed by atoms with Crippen molar-refractivity contribution in [2.24, 2.45) is 12.5 Å². The molecule has 0 unspecified atom stereocenters. The fourth-order valence-corrected chi connectivity index (χ4v) is 5.82. The highest BCUT2D eigenvalue weighted by atomic mass is 32.2. The van der Waals surface area contributed by atoms with E-state index in [-0.39, 0.29) is 33.7 Å². The van der Waals surface area contributed by atoms with Gasteiger partial charge in [0.15, 0.2) is 0 Å². The molecule has 0 bridgehead atoms. The Kier molecular flexibility index (Phi) is 9.00. The first-order valence-electron chi connectivity index (χ1n) is 13.6. The van der Waals surface area contributed by atoms with Crippen molar-refractivity contribution in [1.29, 1.82) is 0 Å². The van der Waals surface area contributed by atoms with Crippen LogP contribution in [-0.4, -0.2) is 54.1 Å². The van der Waals surface area contributed by atoms with E-state index in [0.717, 1.165) is 28.8 Å². The van der Waals surface area contributed by atoms with Crippen LogP contribution in [0.2, 0.25) is 0 Å². The maximum atomic E-state index is 13.3. The Balaban J connectivity index is 1.71. The predicted octanol–water partition coefficient (Wildman–Crippen LogP) is 5.43. The average Bonchev–Trinajstić information content (AvgIpc) is 3.36. The number of likely N-dealkylation sites (N-methyl/N-ethyl adjacent to an activating group) is 1. The summed E-state index contributed by atoms with van der Waals surface area (Å²) in [5.74, 6) is 0.107. The number of carbonyl (C=O) groups is 1. The number of hydrogen-bond acceptors (Lipinski definition) is 8. The van der Waals surface area contributed by atoms with Crippen LogP contribution in [0.1, 0.15) is 48.7 Å². The summed E-state index contributed by atoms with van der Waals surface area (Å²) in [5, 5.41) is 4.31. The van der Waals surface area contributed by atoms with Crippen LogP contribution < -0.4 is 14.4 Å². The number of nitrogens with one attached hydrogen (secondary N) is 1. The normalized spacial score (nSPS) is 12.5. The van der Waals surface area contributed by atoms with Gasteiger partial charge in [-0.3, -0.25) is 9.48 Å². The highest BCUT2D eigenvalue weighted by Gasteiger charge is 2.25. The molecular formula is C31H38N6O4S. The van der Waals surface area contributed by atoms with Crippen molar-refractivity contribution < 1.29 is 17.9 Å². The lowest BCUT2D eigenvalue weighted by molar-refractivity contribution is 0.112. The molecule has 11 heteroatoms. The lowest BCUT2D eigenvalue weighted by Gasteiger charge is -2.33. The molecule has 0 saturated heterocycles.